The van der Waals surface area contributed by atoms with Crippen LogP contribution in [0.5, 0.6) is 0 Å². The van der Waals surface area contributed by atoms with Crippen molar-refractivity contribution in [3.63, 3.8) is 0 Å². The molecule has 0 atom stereocenters. The second-order valence-electron chi connectivity index (χ2n) is 13.7. The van der Waals surface area contributed by atoms with Gasteiger partial charge in [0, 0.05) is 20.2 Å². The predicted octanol–water partition coefficient (Wildman–Crippen LogP) is 14.8. The van der Waals surface area contributed by atoms with Gasteiger partial charge in [0.2, 0.25) is 0 Å². The molecule has 0 saturated carbocycles. The van der Waals surface area contributed by atoms with Crippen LogP contribution in [0.2, 0.25) is 0 Å². The van der Waals surface area contributed by atoms with E-state index in [1.807, 2.05) is 11.3 Å². The van der Waals surface area contributed by atoms with Gasteiger partial charge in [0.25, 0.3) is 0 Å². The van der Waals surface area contributed by atoms with Gasteiger partial charge >= 0.3 is 0 Å². The molecule has 1 aromatic heterocycles. The van der Waals surface area contributed by atoms with Crippen molar-refractivity contribution < 1.29 is 0 Å². The Morgan fingerprint density at radius 3 is 1.47 bits per heavy atom. The van der Waals surface area contributed by atoms with E-state index in [4.69, 9.17) is 0 Å². The molecule has 0 radical (unpaired) electrons. The minimum atomic E-state index is 1.24. The Morgan fingerprint density at radius 2 is 0.745 bits per heavy atom. The van der Waals surface area contributed by atoms with E-state index in [2.05, 4.69) is 182 Å². The molecule has 51 heavy (non-hydrogen) atoms. The second-order valence-corrected chi connectivity index (χ2v) is 14.7. The van der Waals surface area contributed by atoms with E-state index >= 15 is 0 Å². The lowest BCUT2D eigenvalue weighted by molar-refractivity contribution is 1.67. The zero-order valence-electron chi connectivity index (χ0n) is 27.7. The molecule has 0 aliphatic heterocycles. The van der Waals surface area contributed by atoms with E-state index in [9.17, 15) is 0 Å². The number of rotatable bonds is 3. The van der Waals surface area contributed by atoms with Crippen molar-refractivity contribution in [1.82, 2.24) is 0 Å². The molecule has 0 amide bonds. The van der Waals surface area contributed by atoms with Gasteiger partial charge in [0.1, 0.15) is 0 Å². The first-order valence-electron chi connectivity index (χ1n) is 17.6. The standard InChI is InChI=1S/C50H30S/c1-2-12-33-30-48-46(28-32(33)11-1)45-29-37(24-25-47(45)51-48)35-20-21-36-27-38(23-22-34(36)26-35)49-41-15-5-7-17-43(41)50(44-18-8-6-16-42(44)49)40-19-9-13-31-10-3-4-14-39(31)40/h1-30H. The summed E-state index contributed by atoms with van der Waals surface area (Å²) < 4.78 is 2.68. The van der Waals surface area contributed by atoms with E-state index < -0.39 is 0 Å². The third-order valence-corrected chi connectivity index (χ3v) is 11.9. The molecule has 1 heteroatoms. The summed E-state index contributed by atoms with van der Waals surface area (Å²) in [5, 5.41) is 15.4. The first kappa shape index (κ1) is 28.5. The lowest BCUT2D eigenvalue weighted by Crippen LogP contribution is -1.91. The van der Waals surface area contributed by atoms with Crippen molar-refractivity contribution in [1.29, 1.82) is 0 Å². The van der Waals surface area contributed by atoms with Crippen LogP contribution in [0.25, 0.3) is 107 Å². The lowest BCUT2D eigenvalue weighted by atomic mass is 9.84. The highest BCUT2D eigenvalue weighted by atomic mass is 32.1. The molecule has 0 unspecified atom stereocenters. The van der Waals surface area contributed by atoms with E-state index in [1.54, 1.807) is 0 Å². The van der Waals surface area contributed by atoms with Crippen LogP contribution >= 0.6 is 11.3 Å². The first-order chi connectivity index (χ1) is 25.3. The second kappa shape index (κ2) is 11.1. The summed E-state index contributed by atoms with van der Waals surface area (Å²) >= 11 is 1.88. The normalized spacial score (nSPS) is 11.9. The van der Waals surface area contributed by atoms with Crippen LogP contribution < -0.4 is 0 Å². The number of hydrogen-bond acceptors (Lipinski definition) is 1. The van der Waals surface area contributed by atoms with Crippen molar-refractivity contribution in [2.75, 3.05) is 0 Å². The molecule has 1 heterocycles. The maximum Gasteiger partial charge on any atom is 0.0361 e. The number of thiophene rings is 1. The molecule has 236 valence electrons. The maximum atomic E-state index is 2.38. The smallest absolute Gasteiger partial charge is 0.0361 e. The molecule has 11 rings (SSSR count). The summed E-state index contributed by atoms with van der Waals surface area (Å²) in [5.41, 5.74) is 7.61. The Hall–Kier alpha value is -6.28. The third-order valence-electron chi connectivity index (χ3n) is 10.8. The molecule has 0 saturated heterocycles. The molecular formula is C50H30S. The predicted molar refractivity (Wildman–Crippen MR) is 223 cm³/mol. The van der Waals surface area contributed by atoms with Crippen LogP contribution in [0, 0.1) is 0 Å². The topological polar surface area (TPSA) is 0 Å². The summed E-state index contributed by atoms with van der Waals surface area (Å²) in [5.74, 6) is 0. The van der Waals surface area contributed by atoms with Crippen LogP contribution in [0.1, 0.15) is 0 Å². The zero-order chi connectivity index (χ0) is 33.5. The fraction of sp³-hybridized carbons (Fsp3) is 0. The van der Waals surface area contributed by atoms with E-state index in [1.165, 1.54) is 107 Å². The van der Waals surface area contributed by atoms with Crippen LogP contribution in [0.15, 0.2) is 182 Å². The van der Waals surface area contributed by atoms with Gasteiger partial charge in [-0.05, 0) is 124 Å². The van der Waals surface area contributed by atoms with Gasteiger partial charge in [-0.25, -0.2) is 0 Å². The Labute approximate surface area is 299 Å². The van der Waals surface area contributed by atoms with Gasteiger partial charge in [-0.2, -0.15) is 0 Å². The lowest BCUT2D eigenvalue weighted by Gasteiger charge is -2.19. The van der Waals surface area contributed by atoms with Crippen LogP contribution in [-0.2, 0) is 0 Å². The Balaban J connectivity index is 1.06. The Kier molecular flexibility index (Phi) is 6.22. The quantitative estimate of drug-likeness (QED) is 0.165. The highest BCUT2D eigenvalue weighted by molar-refractivity contribution is 7.25. The summed E-state index contributed by atoms with van der Waals surface area (Å²) in [6.45, 7) is 0. The molecule has 0 spiro atoms. The molecule has 11 aromatic rings. The third kappa shape index (κ3) is 4.45. The van der Waals surface area contributed by atoms with E-state index in [0.717, 1.165) is 0 Å². The summed E-state index contributed by atoms with van der Waals surface area (Å²) in [4.78, 5) is 0. The van der Waals surface area contributed by atoms with E-state index in [0.29, 0.717) is 0 Å². The van der Waals surface area contributed by atoms with Crippen LogP contribution in [0.4, 0.5) is 0 Å². The Bertz CT molecular complexity index is 3130. The van der Waals surface area contributed by atoms with Crippen LogP contribution in [-0.4, -0.2) is 0 Å². The molecule has 0 aliphatic carbocycles. The van der Waals surface area contributed by atoms with Gasteiger partial charge in [0.15, 0.2) is 0 Å². The fourth-order valence-electron chi connectivity index (χ4n) is 8.40. The minimum Gasteiger partial charge on any atom is -0.135 e. The molecule has 0 N–H and O–H groups in total. The average molecular weight is 663 g/mol. The number of fused-ring (bicyclic) bond motifs is 8. The molecule has 10 aromatic carbocycles. The van der Waals surface area contributed by atoms with E-state index in [-0.39, 0.29) is 0 Å². The summed E-state index contributed by atoms with van der Waals surface area (Å²) in [7, 11) is 0. The first-order valence-corrected chi connectivity index (χ1v) is 18.4. The number of benzene rings is 10. The monoisotopic (exact) mass is 662 g/mol. The molecular weight excluding hydrogens is 633 g/mol. The van der Waals surface area contributed by atoms with Gasteiger partial charge in [-0.15, -0.1) is 11.3 Å². The number of hydrogen-bond donors (Lipinski definition) is 0. The van der Waals surface area contributed by atoms with Gasteiger partial charge in [0.05, 0.1) is 0 Å². The highest BCUT2D eigenvalue weighted by Gasteiger charge is 2.18. The molecule has 0 fully saturated rings. The maximum absolute atomic E-state index is 2.38. The van der Waals surface area contributed by atoms with Crippen molar-refractivity contribution in [2.24, 2.45) is 0 Å². The minimum absolute atomic E-state index is 1.24. The van der Waals surface area contributed by atoms with Gasteiger partial charge in [-0.3, -0.25) is 0 Å². The van der Waals surface area contributed by atoms with Crippen molar-refractivity contribution in [3.05, 3.63) is 182 Å². The Morgan fingerprint density at radius 1 is 0.255 bits per heavy atom. The van der Waals surface area contributed by atoms with Gasteiger partial charge in [-0.1, -0.05) is 146 Å². The zero-order valence-corrected chi connectivity index (χ0v) is 28.5. The summed E-state index contributed by atoms with van der Waals surface area (Å²) in [6, 6.07) is 67.6. The molecule has 0 aliphatic rings. The van der Waals surface area contributed by atoms with Crippen LogP contribution in [0.3, 0.4) is 0 Å². The SMILES string of the molecule is c1ccc2cc3c(cc2c1)sc1ccc(-c2ccc4cc(-c5c6ccccc6c(-c6cccc7ccccc67)c6ccccc56)ccc4c2)cc13. The van der Waals surface area contributed by atoms with Crippen molar-refractivity contribution in [2.45, 2.75) is 0 Å². The average Bonchev–Trinajstić information content (AvgIpc) is 3.55. The molecule has 0 nitrogen and oxygen atoms in total. The summed E-state index contributed by atoms with van der Waals surface area (Å²) in [6.07, 6.45) is 0. The highest BCUT2D eigenvalue weighted by Crippen LogP contribution is 2.46. The van der Waals surface area contributed by atoms with Crippen molar-refractivity contribution in [3.8, 4) is 33.4 Å². The largest absolute Gasteiger partial charge is 0.135 e. The fourth-order valence-corrected chi connectivity index (χ4v) is 9.51. The van der Waals surface area contributed by atoms with Gasteiger partial charge < -0.3 is 0 Å². The molecule has 0 bridgehead atoms. The van der Waals surface area contributed by atoms with Crippen molar-refractivity contribution >= 4 is 85.4 Å².